The Bertz CT molecular complexity index is 879. The van der Waals surface area contributed by atoms with E-state index in [0.717, 1.165) is 16.8 Å². The van der Waals surface area contributed by atoms with Crippen molar-refractivity contribution in [3.63, 3.8) is 0 Å². The molecule has 0 aromatic heterocycles. The van der Waals surface area contributed by atoms with Crippen LogP contribution in [0.15, 0.2) is 36.4 Å². The molecule has 0 bridgehead atoms. The van der Waals surface area contributed by atoms with Crippen molar-refractivity contribution in [2.45, 2.75) is 70.9 Å². The number of hydrogen-bond donors (Lipinski definition) is 3. The summed E-state index contributed by atoms with van der Waals surface area (Å²) >= 11 is 12.7. The van der Waals surface area contributed by atoms with Crippen molar-refractivity contribution >= 4 is 40.5 Å². The SMILES string of the molecule is Cc1ccc(Cl)c(Nc2ccc(C(C)C(=O)NCC(C)NC3CCCCC3)cc2)c1Cl. The third-order valence-corrected chi connectivity index (χ3v) is 6.87. The van der Waals surface area contributed by atoms with Crippen molar-refractivity contribution < 1.29 is 4.79 Å². The van der Waals surface area contributed by atoms with Gasteiger partial charge in [0, 0.05) is 24.3 Å². The van der Waals surface area contributed by atoms with Crippen LogP contribution in [0.3, 0.4) is 0 Å². The maximum atomic E-state index is 12.7. The first-order chi connectivity index (χ1) is 14.8. The lowest BCUT2D eigenvalue weighted by Gasteiger charge is -2.27. The Labute approximate surface area is 196 Å². The highest BCUT2D eigenvalue weighted by molar-refractivity contribution is 6.39. The Balaban J connectivity index is 1.53. The molecule has 6 heteroatoms. The fourth-order valence-electron chi connectivity index (χ4n) is 4.06. The van der Waals surface area contributed by atoms with Crippen LogP contribution in [0.5, 0.6) is 0 Å². The number of benzene rings is 2. The molecule has 1 amide bonds. The van der Waals surface area contributed by atoms with Crippen LogP contribution in [-0.4, -0.2) is 24.5 Å². The molecule has 1 fully saturated rings. The molecule has 1 aliphatic carbocycles. The molecule has 2 atom stereocenters. The topological polar surface area (TPSA) is 53.2 Å². The minimum Gasteiger partial charge on any atom is -0.354 e. The van der Waals surface area contributed by atoms with E-state index in [1.54, 1.807) is 0 Å². The van der Waals surface area contributed by atoms with Gasteiger partial charge in [-0.1, -0.05) is 60.7 Å². The zero-order valence-electron chi connectivity index (χ0n) is 18.6. The minimum absolute atomic E-state index is 0.0442. The number of rotatable bonds is 8. The average Bonchev–Trinajstić information content (AvgIpc) is 2.78. The van der Waals surface area contributed by atoms with Crippen molar-refractivity contribution in [1.29, 1.82) is 0 Å². The Morgan fingerprint density at radius 2 is 1.71 bits per heavy atom. The van der Waals surface area contributed by atoms with Gasteiger partial charge in [-0.25, -0.2) is 0 Å². The lowest BCUT2D eigenvalue weighted by atomic mass is 9.95. The van der Waals surface area contributed by atoms with Gasteiger partial charge in [0.1, 0.15) is 0 Å². The quantitative estimate of drug-likeness (QED) is 0.416. The number of halogens is 2. The summed E-state index contributed by atoms with van der Waals surface area (Å²) in [5.41, 5.74) is 3.50. The summed E-state index contributed by atoms with van der Waals surface area (Å²) in [4.78, 5) is 12.7. The van der Waals surface area contributed by atoms with E-state index in [0.29, 0.717) is 28.3 Å². The van der Waals surface area contributed by atoms with E-state index in [-0.39, 0.29) is 17.9 Å². The highest BCUT2D eigenvalue weighted by atomic mass is 35.5. The number of nitrogens with one attached hydrogen (secondary N) is 3. The molecular weight excluding hydrogens is 429 g/mol. The van der Waals surface area contributed by atoms with E-state index >= 15 is 0 Å². The van der Waals surface area contributed by atoms with Crippen LogP contribution in [0.1, 0.15) is 63.0 Å². The van der Waals surface area contributed by atoms with Gasteiger partial charge in [-0.15, -0.1) is 0 Å². The fourth-order valence-corrected chi connectivity index (χ4v) is 4.52. The summed E-state index contributed by atoms with van der Waals surface area (Å²) in [5, 5.41) is 11.2. The van der Waals surface area contributed by atoms with E-state index in [4.69, 9.17) is 23.2 Å². The molecule has 0 spiro atoms. The first-order valence-electron chi connectivity index (χ1n) is 11.2. The second kappa shape index (κ2) is 11.2. The summed E-state index contributed by atoms with van der Waals surface area (Å²) in [5.74, 6) is -0.176. The number of aryl methyl sites for hydroxylation is 1. The Kier molecular flexibility index (Phi) is 8.65. The van der Waals surface area contributed by atoms with Gasteiger partial charge >= 0.3 is 0 Å². The van der Waals surface area contributed by atoms with Gasteiger partial charge in [0.2, 0.25) is 5.91 Å². The molecule has 3 rings (SSSR count). The maximum absolute atomic E-state index is 12.7. The molecule has 4 nitrogen and oxygen atoms in total. The highest BCUT2D eigenvalue weighted by Gasteiger charge is 2.18. The standard InChI is InChI=1S/C25H33Cl2N3O/c1-16-9-14-22(26)24(23(16)27)30-21-12-10-19(11-13-21)18(3)25(31)28-15-17(2)29-20-7-5-4-6-8-20/h9-14,17-18,20,29-30H,4-8,15H2,1-3H3,(H,28,31). The fraction of sp³-hybridized carbons (Fsp3) is 0.480. The summed E-state index contributed by atoms with van der Waals surface area (Å²) in [7, 11) is 0. The largest absolute Gasteiger partial charge is 0.354 e. The van der Waals surface area contributed by atoms with E-state index in [9.17, 15) is 4.79 Å². The number of carbonyl (C=O) groups excluding carboxylic acids is 1. The minimum atomic E-state index is -0.220. The Morgan fingerprint density at radius 1 is 1.03 bits per heavy atom. The first-order valence-corrected chi connectivity index (χ1v) is 12.0. The Morgan fingerprint density at radius 3 is 2.39 bits per heavy atom. The highest BCUT2D eigenvalue weighted by Crippen LogP contribution is 2.35. The molecule has 2 aromatic rings. The van der Waals surface area contributed by atoms with E-state index < -0.39 is 0 Å². The zero-order valence-corrected chi connectivity index (χ0v) is 20.1. The lowest BCUT2D eigenvalue weighted by Crippen LogP contribution is -2.45. The van der Waals surface area contributed by atoms with E-state index in [2.05, 4.69) is 22.9 Å². The van der Waals surface area contributed by atoms with Crippen LogP contribution in [0.25, 0.3) is 0 Å². The van der Waals surface area contributed by atoms with Crippen molar-refractivity contribution in [2.75, 3.05) is 11.9 Å². The van der Waals surface area contributed by atoms with Crippen LogP contribution in [-0.2, 0) is 4.79 Å². The normalized spacial score (nSPS) is 16.5. The van der Waals surface area contributed by atoms with Crippen LogP contribution < -0.4 is 16.0 Å². The lowest BCUT2D eigenvalue weighted by molar-refractivity contribution is -0.122. The molecule has 0 aliphatic heterocycles. The van der Waals surface area contributed by atoms with Crippen LogP contribution in [0.4, 0.5) is 11.4 Å². The monoisotopic (exact) mass is 461 g/mol. The molecule has 1 aliphatic rings. The van der Waals surface area contributed by atoms with Crippen LogP contribution in [0, 0.1) is 6.92 Å². The smallest absolute Gasteiger partial charge is 0.227 e. The molecule has 31 heavy (non-hydrogen) atoms. The molecule has 168 valence electrons. The molecular formula is C25H33Cl2N3O. The molecule has 2 aromatic carbocycles. The second-order valence-corrected chi connectivity index (χ2v) is 9.45. The van der Waals surface area contributed by atoms with Gasteiger partial charge in [0.25, 0.3) is 0 Å². The third-order valence-electron chi connectivity index (χ3n) is 6.07. The number of anilines is 2. The summed E-state index contributed by atoms with van der Waals surface area (Å²) in [6, 6.07) is 12.4. The predicted octanol–water partition coefficient (Wildman–Crippen LogP) is 6.58. The van der Waals surface area contributed by atoms with Crippen LogP contribution >= 0.6 is 23.2 Å². The van der Waals surface area contributed by atoms with Crippen molar-refractivity contribution in [3.05, 3.63) is 57.6 Å². The Hall–Kier alpha value is -1.75. The average molecular weight is 462 g/mol. The van der Waals surface area contributed by atoms with Crippen LogP contribution in [0.2, 0.25) is 10.0 Å². The molecule has 3 N–H and O–H groups in total. The van der Waals surface area contributed by atoms with E-state index in [1.807, 2.05) is 50.2 Å². The molecule has 1 saturated carbocycles. The third kappa shape index (κ3) is 6.61. The van der Waals surface area contributed by atoms with Gasteiger partial charge in [0.15, 0.2) is 0 Å². The molecule has 0 radical (unpaired) electrons. The second-order valence-electron chi connectivity index (χ2n) is 8.67. The maximum Gasteiger partial charge on any atom is 0.227 e. The van der Waals surface area contributed by atoms with Gasteiger partial charge in [-0.3, -0.25) is 4.79 Å². The van der Waals surface area contributed by atoms with Gasteiger partial charge in [-0.05, 0) is 62.9 Å². The zero-order chi connectivity index (χ0) is 22.4. The number of hydrogen-bond acceptors (Lipinski definition) is 3. The summed E-state index contributed by atoms with van der Waals surface area (Å²) < 4.78 is 0. The number of carbonyl (C=O) groups is 1. The van der Waals surface area contributed by atoms with E-state index in [1.165, 1.54) is 32.1 Å². The van der Waals surface area contributed by atoms with Gasteiger partial charge in [-0.2, -0.15) is 0 Å². The summed E-state index contributed by atoms with van der Waals surface area (Å²) in [6.07, 6.45) is 6.45. The molecule has 0 saturated heterocycles. The van der Waals surface area contributed by atoms with Crippen molar-refractivity contribution in [3.8, 4) is 0 Å². The van der Waals surface area contributed by atoms with Gasteiger partial charge in [0.05, 0.1) is 21.7 Å². The summed E-state index contributed by atoms with van der Waals surface area (Å²) in [6.45, 7) is 6.66. The molecule has 0 heterocycles. The van der Waals surface area contributed by atoms with Gasteiger partial charge < -0.3 is 16.0 Å². The first kappa shape index (κ1) is 23.9. The molecule has 2 unspecified atom stereocenters. The van der Waals surface area contributed by atoms with Crippen molar-refractivity contribution in [2.24, 2.45) is 0 Å². The predicted molar refractivity (Wildman–Crippen MR) is 132 cm³/mol. The number of amides is 1. The van der Waals surface area contributed by atoms with Crippen molar-refractivity contribution in [1.82, 2.24) is 10.6 Å².